The number of amides is 1. The molecule has 126 valence electrons. The largest absolute Gasteiger partial charge is 0.456 e. The van der Waals surface area contributed by atoms with Gasteiger partial charge in [0.25, 0.3) is 5.91 Å². The number of rotatable bonds is 6. The van der Waals surface area contributed by atoms with Crippen molar-refractivity contribution in [1.82, 2.24) is 0 Å². The monoisotopic (exact) mass is 318 g/mol. The fraction of sp³-hybridized carbons (Fsp3) is 0.556. The molecular weight excluding hydrogens is 292 g/mol. The molecule has 0 radical (unpaired) electrons. The SMILES string of the molecule is CN(C)c1ccc(NC(=O)COC(=O)CC2CCCCC2)cc1. The Hall–Kier alpha value is -2.04. The molecule has 1 aromatic carbocycles. The number of benzene rings is 1. The predicted molar refractivity (Wildman–Crippen MR) is 91.5 cm³/mol. The van der Waals surface area contributed by atoms with Gasteiger partial charge in [0.15, 0.2) is 6.61 Å². The molecule has 0 aromatic heterocycles. The van der Waals surface area contributed by atoms with E-state index in [1.165, 1.54) is 19.3 Å². The van der Waals surface area contributed by atoms with Gasteiger partial charge in [0.1, 0.15) is 0 Å². The number of esters is 1. The van der Waals surface area contributed by atoms with E-state index in [9.17, 15) is 9.59 Å². The molecule has 5 heteroatoms. The van der Waals surface area contributed by atoms with Gasteiger partial charge < -0.3 is 15.0 Å². The van der Waals surface area contributed by atoms with Crippen LogP contribution in [0.4, 0.5) is 11.4 Å². The van der Waals surface area contributed by atoms with Crippen LogP contribution in [0.3, 0.4) is 0 Å². The zero-order valence-electron chi connectivity index (χ0n) is 14.0. The van der Waals surface area contributed by atoms with Crippen molar-refractivity contribution in [2.75, 3.05) is 30.9 Å². The first-order chi connectivity index (χ1) is 11.0. The van der Waals surface area contributed by atoms with Gasteiger partial charge in [0, 0.05) is 31.9 Å². The van der Waals surface area contributed by atoms with Crippen LogP contribution in [0.25, 0.3) is 0 Å². The standard InChI is InChI=1S/C18H26N2O3/c1-20(2)16-10-8-15(9-11-16)19-17(21)13-23-18(22)12-14-6-4-3-5-7-14/h8-11,14H,3-7,12-13H2,1-2H3,(H,19,21). The normalized spacial score (nSPS) is 15.0. The first-order valence-corrected chi connectivity index (χ1v) is 8.27. The van der Waals surface area contributed by atoms with Gasteiger partial charge in [0.05, 0.1) is 0 Å². The van der Waals surface area contributed by atoms with Crippen molar-refractivity contribution in [3.8, 4) is 0 Å². The highest BCUT2D eigenvalue weighted by molar-refractivity contribution is 5.92. The maximum absolute atomic E-state index is 11.8. The summed E-state index contributed by atoms with van der Waals surface area (Å²) in [5, 5.41) is 2.73. The third kappa shape index (κ3) is 5.93. The number of hydrogen-bond acceptors (Lipinski definition) is 4. The van der Waals surface area contributed by atoms with Crippen molar-refractivity contribution in [1.29, 1.82) is 0 Å². The van der Waals surface area contributed by atoms with E-state index in [1.54, 1.807) is 0 Å². The molecule has 0 heterocycles. The minimum absolute atomic E-state index is 0.221. The fourth-order valence-electron chi connectivity index (χ4n) is 2.87. The Balaban J connectivity index is 1.70. The van der Waals surface area contributed by atoms with Gasteiger partial charge in [-0.1, -0.05) is 19.3 Å². The van der Waals surface area contributed by atoms with E-state index >= 15 is 0 Å². The van der Waals surface area contributed by atoms with Crippen LogP contribution in [0.15, 0.2) is 24.3 Å². The van der Waals surface area contributed by atoms with E-state index in [0.29, 0.717) is 18.0 Å². The minimum Gasteiger partial charge on any atom is -0.456 e. The molecular formula is C18H26N2O3. The molecule has 0 bridgehead atoms. The molecule has 5 nitrogen and oxygen atoms in total. The van der Waals surface area contributed by atoms with Gasteiger partial charge >= 0.3 is 5.97 Å². The number of ether oxygens (including phenoxy) is 1. The molecule has 0 atom stereocenters. The van der Waals surface area contributed by atoms with Crippen LogP contribution >= 0.6 is 0 Å². The Bertz CT molecular complexity index is 520. The van der Waals surface area contributed by atoms with Crippen molar-refractivity contribution < 1.29 is 14.3 Å². The summed E-state index contributed by atoms with van der Waals surface area (Å²) >= 11 is 0. The second-order valence-electron chi connectivity index (χ2n) is 6.36. The Labute approximate surface area is 138 Å². The summed E-state index contributed by atoms with van der Waals surface area (Å²) < 4.78 is 5.08. The minimum atomic E-state index is -0.306. The highest BCUT2D eigenvalue weighted by Crippen LogP contribution is 2.26. The highest BCUT2D eigenvalue weighted by Gasteiger charge is 2.18. The molecule has 0 unspecified atom stereocenters. The summed E-state index contributed by atoms with van der Waals surface area (Å²) in [5.74, 6) is -0.146. The molecule has 0 aliphatic heterocycles. The van der Waals surface area contributed by atoms with Gasteiger partial charge in [-0.3, -0.25) is 9.59 Å². The first-order valence-electron chi connectivity index (χ1n) is 8.27. The van der Waals surface area contributed by atoms with E-state index in [1.807, 2.05) is 43.3 Å². The number of anilines is 2. The van der Waals surface area contributed by atoms with Crippen LogP contribution in [-0.2, 0) is 14.3 Å². The molecule has 23 heavy (non-hydrogen) atoms. The van der Waals surface area contributed by atoms with Crippen molar-refractivity contribution >= 4 is 23.3 Å². The van der Waals surface area contributed by atoms with Gasteiger partial charge in [0.2, 0.25) is 0 Å². The summed E-state index contributed by atoms with van der Waals surface area (Å²) in [6.07, 6.45) is 6.28. The Morgan fingerprint density at radius 1 is 1.13 bits per heavy atom. The average molecular weight is 318 g/mol. The van der Waals surface area contributed by atoms with Gasteiger partial charge in [-0.05, 0) is 43.0 Å². The zero-order valence-corrected chi connectivity index (χ0v) is 14.0. The zero-order chi connectivity index (χ0) is 16.7. The number of nitrogens with zero attached hydrogens (tertiary/aromatic N) is 1. The van der Waals surface area contributed by atoms with Crippen molar-refractivity contribution in [2.45, 2.75) is 38.5 Å². The summed E-state index contributed by atoms with van der Waals surface area (Å²) in [4.78, 5) is 25.6. The molecule has 1 aliphatic rings. The van der Waals surface area contributed by atoms with Crippen LogP contribution in [0, 0.1) is 5.92 Å². The number of hydrogen-bond donors (Lipinski definition) is 1. The topological polar surface area (TPSA) is 58.6 Å². The van der Waals surface area contributed by atoms with E-state index in [-0.39, 0.29) is 18.5 Å². The smallest absolute Gasteiger partial charge is 0.306 e. The summed E-state index contributed by atoms with van der Waals surface area (Å²) in [6, 6.07) is 7.50. The van der Waals surface area contributed by atoms with E-state index in [0.717, 1.165) is 18.5 Å². The summed E-state index contributed by atoms with van der Waals surface area (Å²) in [5.41, 5.74) is 1.76. The van der Waals surface area contributed by atoms with Crippen molar-refractivity contribution in [3.63, 3.8) is 0 Å². The van der Waals surface area contributed by atoms with Gasteiger partial charge in [-0.15, -0.1) is 0 Å². The fourth-order valence-corrected chi connectivity index (χ4v) is 2.87. The lowest BCUT2D eigenvalue weighted by atomic mass is 9.87. The maximum Gasteiger partial charge on any atom is 0.306 e. The summed E-state index contributed by atoms with van der Waals surface area (Å²) in [6.45, 7) is -0.221. The van der Waals surface area contributed by atoms with Crippen LogP contribution in [0.2, 0.25) is 0 Å². The molecule has 0 spiro atoms. The second kappa shape index (κ2) is 8.56. The van der Waals surface area contributed by atoms with E-state index < -0.39 is 0 Å². The van der Waals surface area contributed by atoms with Crippen LogP contribution < -0.4 is 10.2 Å². The molecule has 1 aromatic rings. The number of carbonyl (C=O) groups excluding carboxylic acids is 2. The van der Waals surface area contributed by atoms with Crippen LogP contribution in [-0.4, -0.2) is 32.6 Å². The molecule has 0 saturated heterocycles. The van der Waals surface area contributed by atoms with E-state index in [2.05, 4.69) is 5.32 Å². The second-order valence-corrected chi connectivity index (χ2v) is 6.36. The summed E-state index contributed by atoms with van der Waals surface area (Å²) in [7, 11) is 3.92. The molecule has 1 amide bonds. The lowest BCUT2D eigenvalue weighted by Crippen LogP contribution is -2.22. The van der Waals surface area contributed by atoms with Crippen molar-refractivity contribution in [2.24, 2.45) is 5.92 Å². The van der Waals surface area contributed by atoms with E-state index in [4.69, 9.17) is 4.74 Å². The molecule has 1 fully saturated rings. The molecule has 1 saturated carbocycles. The Kier molecular flexibility index (Phi) is 6.44. The molecule has 1 aliphatic carbocycles. The van der Waals surface area contributed by atoms with Crippen LogP contribution in [0.1, 0.15) is 38.5 Å². The Morgan fingerprint density at radius 3 is 2.39 bits per heavy atom. The third-order valence-electron chi connectivity index (χ3n) is 4.21. The lowest BCUT2D eigenvalue weighted by Gasteiger charge is -2.20. The Morgan fingerprint density at radius 2 is 1.78 bits per heavy atom. The average Bonchev–Trinajstić information content (AvgIpc) is 2.54. The number of nitrogens with one attached hydrogen (secondary N) is 1. The lowest BCUT2D eigenvalue weighted by molar-refractivity contribution is -0.148. The molecule has 2 rings (SSSR count). The first kappa shape index (κ1) is 17.3. The van der Waals surface area contributed by atoms with Crippen molar-refractivity contribution in [3.05, 3.63) is 24.3 Å². The third-order valence-corrected chi connectivity index (χ3v) is 4.21. The van der Waals surface area contributed by atoms with Gasteiger partial charge in [-0.2, -0.15) is 0 Å². The molecule has 1 N–H and O–H groups in total. The predicted octanol–water partition coefficient (Wildman–Crippen LogP) is 3.20. The maximum atomic E-state index is 11.8. The number of carbonyl (C=O) groups is 2. The quantitative estimate of drug-likeness (QED) is 0.818. The highest BCUT2D eigenvalue weighted by atomic mass is 16.5. The van der Waals surface area contributed by atoms with Crippen LogP contribution in [0.5, 0.6) is 0 Å². The van der Waals surface area contributed by atoms with Gasteiger partial charge in [-0.25, -0.2) is 0 Å².